The predicted octanol–water partition coefficient (Wildman–Crippen LogP) is 2.71. The van der Waals surface area contributed by atoms with Crippen molar-refractivity contribution in [2.45, 2.75) is 31.5 Å². The molecule has 10 nitrogen and oxygen atoms in total. The SMILES string of the molecule is C[C@H]1O[C@@H](n2nc(-c3ccc(C(=O)O)cc3)c3c(Nc4ccc(F)cc4)ncnc32)[C@H](O)[C@@H]1O. The summed E-state index contributed by atoms with van der Waals surface area (Å²) < 4.78 is 20.5. The van der Waals surface area contributed by atoms with Crippen LogP contribution in [0.25, 0.3) is 22.3 Å². The number of fused-ring (bicyclic) bond motifs is 1. The van der Waals surface area contributed by atoms with Crippen LogP contribution in [0.5, 0.6) is 0 Å². The molecule has 4 aromatic rings. The fourth-order valence-corrected chi connectivity index (χ4v) is 3.92. The van der Waals surface area contributed by atoms with Gasteiger partial charge in [0.1, 0.15) is 35.9 Å². The number of anilines is 2. The fourth-order valence-electron chi connectivity index (χ4n) is 3.92. The molecule has 174 valence electrons. The first kappa shape index (κ1) is 21.9. The Morgan fingerprint density at radius 2 is 1.76 bits per heavy atom. The number of ether oxygens (including phenoxy) is 1. The maximum absolute atomic E-state index is 13.4. The third kappa shape index (κ3) is 3.75. The van der Waals surface area contributed by atoms with E-state index in [-0.39, 0.29) is 11.4 Å². The minimum absolute atomic E-state index is 0.111. The van der Waals surface area contributed by atoms with Crippen LogP contribution < -0.4 is 5.32 Å². The standard InChI is InChI=1S/C23H20FN5O5/c1-11-18(30)19(31)22(34-11)29-21-16(17(28-29)12-2-4-13(5-3-12)23(32)33)20(25-10-26-21)27-15-8-6-14(24)7-9-15/h2-11,18-19,22,30-31H,1H3,(H,32,33)(H,25,26,27)/t11-,18-,19-,22-/m1/s1. The summed E-state index contributed by atoms with van der Waals surface area (Å²) in [4.78, 5) is 19.9. The van der Waals surface area contributed by atoms with Gasteiger partial charge >= 0.3 is 5.97 Å². The molecule has 5 rings (SSSR count). The summed E-state index contributed by atoms with van der Waals surface area (Å²) in [7, 11) is 0. The fraction of sp³-hybridized carbons (Fsp3) is 0.217. The van der Waals surface area contributed by atoms with Crippen molar-refractivity contribution in [1.82, 2.24) is 19.7 Å². The minimum Gasteiger partial charge on any atom is -0.478 e. The number of carboxylic acid groups (broad SMARTS) is 1. The summed E-state index contributed by atoms with van der Waals surface area (Å²) in [6, 6.07) is 11.8. The number of hydrogen-bond acceptors (Lipinski definition) is 8. The van der Waals surface area contributed by atoms with Gasteiger partial charge in [-0.25, -0.2) is 23.8 Å². The Labute approximate surface area is 192 Å². The highest BCUT2D eigenvalue weighted by atomic mass is 19.1. The zero-order valence-electron chi connectivity index (χ0n) is 17.8. The lowest BCUT2D eigenvalue weighted by Gasteiger charge is -2.15. The van der Waals surface area contributed by atoms with E-state index < -0.39 is 30.5 Å². The van der Waals surface area contributed by atoms with Gasteiger partial charge in [-0.2, -0.15) is 5.10 Å². The third-order valence-corrected chi connectivity index (χ3v) is 5.72. The van der Waals surface area contributed by atoms with Crippen LogP contribution in [-0.2, 0) is 4.74 Å². The minimum atomic E-state index is -1.25. The molecule has 0 amide bonds. The summed E-state index contributed by atoms with van der Waals surface area (Å²) >= 11 is 0. The third-order valence-electron chi connectivity index (χ3n) is 5.72. The van der Waals surface area contributed by atoms with Crippen molar-refractivity contribution in [2.24, 2.45) is 0 Å². The molecule has 34 heavy (non-hydrogen) atoms. The average molecular weight is 465 g/mol. The Kier molecular flexibility index (Phi) is 5.44. The van der Waals surface area contributed by atoms with Gasteiger partial charge in [0.2, 0.25) is 0 Å². The number of nitrogens with one attached hydrogen (secondary N) is 1. The molecule has 0 aliphatic carbocycles. The summed E-state index contributed by atoms with van der Waals surface area (Å²) in [5.74, 6) is -1.08. The van der Waals surface area contributed by atoms with E-state index >= 15 is 0 Å². The maximum atomic E-state index is 13.4. The first-order valence-electron chi connectivity index (χ1n) is 10.4. The number of halogens is 1. The number of carboxylic acids is 1. The molecular weight excluding hydrogens is 445 g/mol. The molecule has 0 bridgehead atoms. The molecule has 1 saturated heterocycles. The molecule has 11 heteroatoms. The molecule has 2 aromatic heterocycles. The van der Waals surface area contributed by atoms with Gasteiger partial charge in [-0.3, -0.25) is 0 Å². The predicted molar refractivity (Wildman–Crippen MR) is 119 cm³/mol. The molecule has 0 radical (unpaired) electrons. The Morgan fingerprint density at radius 3 is 2.38 bits per heavy atom. The molecule has 1 aliphatic rings. The Balaban J connectivity index is 1.68. The van der Waals surface area contributed by atoms with E-state index in [1.54, 1.807) is 31.2 Å². The van der Waals surface area contributed by atoms with Crippen molar-refractivity contribution in [3.8, 4) is 11.3 Å². The normalized spacial score (nSPS) is 22.2. The van der Waals surface area contributed by atoms with Gasteiger partial charge in [0, 0.05) is 11.3 Å². The van der Waals surface area contributed by atoms with E-state index in [1.807, 2.05) is 0 Å². The second-order valence-electron chi connectivity index (χ2n) is 7.94. The lowest BCUT2D eigenvalue weighted by atomic mass is 10.1. The highest BCUT2D eigenvalue weighted by Gasteiger charge is 2.43. The van der Waals surface area contributed by atoms with E-state index in [1.165, 1.54) is 35.3 Å². The average Bonchev–Trinajstić information content (AvgIpc) is 3.34. The smallest absolute Gasteiger partial charge is 0.335 e. The van der Waals surface area contributed by atoms with Crippen LogP contribution >= 0.6 is 0 Å². The Morgan fingerprint density at radius 1 is 1.06 bits per heavy atom. The van der Waals surface area contributed by atoms with Crippen LogP contribution in [0.3, 0.4) is 0 Å². The number of aliphatic hydroxyl groups excluding tert-OH is 2. The zero-order chi connectivity index (χ0) is 24.0. The van der Waals surface area contributed by atoms with E-state index in [0.29, 0.717) is 33.8 Å². The second kappa shape index (κ2) is 8.45. The summed E-state index contributed by atoms with van der Waals surface area (Å²) in [5, 5.41) is 38.2. The van der Waals surface area contributed by atoms with Crippen molar-refractivity contribution < 1.29 is 29.2 Å². The largest absolute Gasteiger partial charge is 0.478 e. The van der Waals surface area contributed by atoms with Crippen molar-refractivity contribution in [3.63, 3.8) is 0 Å². The van der Waals surface area contributed by atoms with Gasteiger partial charge in [-0.05, 0) is 43.3 Å². The number of carbonyl (C=O) groups is 1. The van der Waals surface area contributed by atoms with Crippen molar-refractivity contribution in [3.05, 3.63) is 66.2 Å². The quantitative estimate of drug-likeness (QED) is 0.350. The van der Waals surface area contributed by atoms with Crippen LogP contribution in [0.2, 0.25) is 0 Å². The summed E-state index contributed by atoms with van der Waals surface area (Å²) in [6.07, 6.45) is -2.68. The number of aliphatic hydroxyl groups is 2. The molecule has 0 saturated carbocycles. The lowest BCUT2D eigenvalue weighted by Crippen LogP contribution is -2.30. The number of rotatable bonds is 5. The van der Waals surface area contributed by atoms with Gasteiger partial charge in [0.05, 0.1) is 17.1 Å². The van der Waals surface area contributed by atoms with Gasteiger partial charge in [0.15, 0.2) is 11.9 Å². The van der Waals surface area contributed by atoms with Crippen LogP contribution in [0, 0.1) is 5.82 Å². The number of nitrogens with zero attached hydrogens (tertiary/aromatic N) is 4. The highest BCUT2D eigenvalue weighted by molar-refractivity contribution is 6.00. The van der Waals surface area contributed by atoms with E-state index in [9.17, 15) is 24.5 Å². The molecule has 0 unspecified atom stereocenters. The molecule has 0 spiro atoms. The van der Waals surface area contributed by atoms with E-state index in [4.69, 9.17) is 4.74 Å². The molecule has 4 N–H and O–H groups in total. The monoisotopic (exact) mass is 465 g/mol. The molecule has 3 heterocycles. The molecule has 1 fully saturated rings. The highest BCUT2D eigenvalue weighted by Crippen LogP contribution is 2.37. The Bertz CT molecular complexity index is 1360. The Hall–Kier alpha value is -3.93. The van der Waals surface area contributed by atoms with Gasteiger partial charge in [0.25, 0.3) is 0 Å². The van der Waals surface area contributed by atoms with Crippen LogP contribution in [0.4, 0.5) is 15.9 Å². The molecule has 1 aliphatic heterocycles. The number of hydrogen-bond donors (Lipinski definition) is 4. The second-order valence-corrected chi connectivity index (χ2v) is 7.94. The van der Waals surface area contributed by atoms with Crippen molar-refractivity contribution >= 4 is 28.5 Å². The van der Waals surface area contributed by atoms with Crippen molar-refractivity contribution in [1.29, 1.82) is 0 Å². The van der Waals surface area contributed by atoms with E-state index in [0.717, 1.165) is 0 Å². The maximum Gasteiger partial charge on any atom is 0.335 e. The van der Waals surface area contributed by atoms with Crippen molar-refractivity contribution in [2.75, 3.05) is 5.32 Å². The van der Waals surface area contributed by atoms with Crippen LogP contribution in [0.1, 0.15) is 23.5 Å². The van der Waals surface area contributed by atoms with E-state index in [2.05, 4.69) is 20.4 Å². The molecular formula is C23H20FN5O5. The van der Waals surface area contributed by atoms with Crippen LogP contribution in [0.15, 0.2) is 54.9 Å². The number of benzene rings is 2. The number of aromatic nitrogens is 4. The van der Waals surface area contributed by atoms with Gasteiger partial charge in [-0.15, -0.1) is 0 Å². The first-order chi connectivity index (χ1) is 16.3. The summed E-state index contributed by atoms with van der Waals surface area (Å²) in [5.41, 5.74) is 1.98. The number of aromatic carboxylic acids is 1. The van der Waals surface area contributed by atoms with Gasteiger partial charge in [-0.1, -0.05) is 12.1 Å². The topological polar surface area (TPSA) is 143 Å². The first-order valence-corrected chi connectivity index (χ1v) is 10.4. The summed E-state index contributed by atoms with van der Waals surface area (Å²) in [6.45, 7) is 1.64. The molecule has 4 atom stereocenters. The van der Waals surface area contributed by atoms with Gasteiger partial charge < -0.3 is 25.4 Å². The molecule has 2 aromatic carbocycles. The lowest BCUT2D eigenvalue weighted by molar-refractivity contribution is -0.0370. The zero-order valence-corrected chi connectivity index (χ0v) is 17.8. The van der Waals surface area contributed by atoms with Crippen LogP contribution in [-0.4, -0.2) is 59.3 Å².